The van der Waals surface area contributed by atoms with Crippen molar-refractivity contribution < 1.29 is 19.4 Å². The number of ether oxygens (including phenoxy) is 2. The van der Waals surface area contributed by atoms with Crippen molar-refractivity contribution in [2.24, 2.45) is 0 Å². The molecule has 0 amide bonds. The van der Waals surface area contributed by atoms with E-state index < -0.39 is 5.97 Å². The fourth-order valence-corrected chi connectivity index (χ4v) is 3.27. The average molecular weight is 274 g/mol. The highest BCUT2D eigenvalue weighted by Crippen LogP contribution is 2.49. The Morgan fingerprint density at radius 3 is 2.80 bits per heavy atom. The topological polar surface area (TPSA) is 55.8 Å². The van der Waals surface area contributed by atoms with Crippen LogP contribution in [0.4, 0.5) is 0 Å². The van der Waals surface area contributed by atoms with Crippen molar-refractivity contribution in [1.82, 2.24) is 0 Å². The third kappa shape index (κ3) is 2.15. The van der Waals surface area contributed by atoms with Crippen molar-refractivity contribution in [2.45, 2.75) is 37.7 Å². The fraction of sp³-hybridized carbons (Fsp3) is 0.438. The lowest BCUT2D eigenvalue weighted by Crippen LogP contribution is -2.30. The summed E-state index contributed by atoms with van der Waals surface area (Å²) in [5.74, 6) is 0.585. The molecule has 4 heteroatoms. The van der Waals surface area contributed by atoms with Gasteiger partial charge in [-0.15, -0.1) is 0 Å². The summed E-state index contributed by atoms with van der Waals surface area (Å²) in [6.07, 6.45) is 8.16. The lowest BCUT2D eigenvalue weighted by atomic mass is 9.93. The largest absolute Gasteiger partial charge is 0.493 e. The third-order valence-corrected chi connectivity index (χ3v) is 4.22. The summed E-state index contributed by atoms with van der Waals surface area (Å²) in [6, 6.07) is 3.74. The molecular formula is C16H18O4. The van der Waals surface area contributed by atoms with Crippen molar-refractivity contribution in [3.8, 4) is 11.5 Å². The second-order valence-electron chi connectivity index (χ2n) is 5.51. The fourth-order valence-electron chi connectivity index (χ4n) is 3.27. The molecule has 4 nitrogen and oxygen atoms in total. The molecule has 1 aromatic rings. The predicted octanol–water partition coefficient (Wildman–Crippen LogP) is 3.04. The Hall–Kier alpha value is -1.97. The third-order valence-electron chi connectivity index (χ3n) is 4.22. The molecule has 2 aliphatic rings. The van der Waals surface area contributed by atoms with E-state index in [4.69, 9.17) is 14.6 Å². The molecule has 1 N–H and O–H groups in total. The first-order valence-corrected chi connectivity index (χ1v) is 6.93. The van der Waals surface area contributed by atoms with Crippen LogP contribution in [-0.2, 0) is 11.2 Å². The van der Waals surface area contributed by atoms with Crippen LogP contribution >= 0.6 is 0 Å². The van der Waals surface area contributed by atoms with Crippen LogP contribution in [0.25, 0.3) is 6.08 Å². The molecule has 0 radical (unpaired) electrons. The Labute approximate surface area is 118 Å². The lowest BCUT2D eigenvalue weighted by molar-refractivity contribution is -0.131. The van der Waals surface area contributed by atoms with Gasteiger partial charge in [-0.2, -0.15) is 0 Å². The Balaban J connectivity index is 2.01. The van der Waals surface area contributed by atoms with Gasteiger partial charge >= 0.3 is 5.97 Å². The number of benzene rings is 1. The lowest BCUT2D eigenvalue weighted by Gasteiger charge is -2.22. The van der Waals surface area contributed by atoms with Gasteiger partial charge in [0.2, 0.25) is 0 Å². The quantitative estimate of drug-likeness (QED) is 0.861. The minimum Gasteiger partial charge on any atom is -0.493 e. The number of fused-ring (bicyclic) bond motifs is 1. The molecule has 1 spiro atoms. The van der Waals surface area contributed by atoms with E-state index in [1.165, 1.54) is 18.9 Å². The highest BCUT2D eigenvalue weighted by molar-refractivity contribution is 5.86. The van der Waals surface area contributed by atoms with Gasteiger partial charge < -0.3 is 14.6 Å². The summed E-state index contributed by atoms with van der Waals surface area (Å²) in [5, 5.41) is 8.79. The van der Waals surface area contributed by atoms with Crippen LogP contribution in [0.3, 0.4) is 0 Å². The SMILES string of the molecule is COc1ccc(C=CC(=O)O)c2c1OC1(CCCC1)C2. The van der Waals surface area contributed by atoms with Crippen LogP contribution in [0.1, 0.15) is 36.8 Å². The van der Waals surface area contributed by atoms with E-state index in [1.807, 2.05) is 12.1 Å². The maximum absolute atomic E-state index is 10.7. The zero-order valence-electron chi connectivity index (χ0n) is 11.5. The van der Waals surface area contributed by atoms with Crippen LogP contribution in [0.15, 0.2) is 18.2 Å². The van der Waals surface area contributed by atoms with Gasteiger partial charge in [0.05, 0.1) is 7.11 Å². The van der Waals surface area contributed by atoms with Crippen molar-refractivity contribution >= 4 is 12.0 Å². The van der Waals surface area contributed by atoms with E-state index in [0.717, 1.165) is 41.9 Å². The van der Waals surface area contributed by atoms with Crippen LogP contribution in [0.2, 0.25) is 0 Å². The van der Waals surface area contributed by atoms with E-state index >= 15 is 0 Å². The van der Waals surface area contributed by atoms with E-state index in [9.17, 15) is 4.79 Å². The first-order chi connectivity index (χ1) is 9.63. The molecular weight excluding hydrogens is 256 g/mol. The Kier molecular flexibility index (Phi) is 3.16. The molecule has 1 fully saturated rings. The molecule has 0 bridgehead atoms. The summed E-state index contributed by atoms with van der Waals surface area (Å²) in [4.78, 5) is 10.7. The first-order valence-electron chi connectivity index (χ1n) is 6.93. The summed E-state index contributed by atoms with van der Waals surface area (Å²) in [5.41, 5.74) is 1.89. The van der Waals surface area contributed by atoms with Gasteiger partial charge in [-0.05, 0) is 43.4 Å². The predicted molar refractivity (Wildman–Crippen MR) is 75.2 cm³/mol. The van der Waals surface area contributed by atoms with Crippen molar-refractivity contribution in [1.29, 1.82) is 0 Å². The standard InChI is InChI=1S/C16H18O4/c1-19-13-6-4-11(5-7-14(17)18)12-10-16(20-15(12)13)8-2-3-9-16/h4-7H,2-3,8-10H2,1H3,(H,17,18). The summed E-state index contributed by atoms with van der Waals surface area (Å²) >= 11 is 0. The van der Waals surface area contributed by atoms with Crippen molar-refractivity contribution in [3.05, 3.63) is 29.3 Å². The van der Waals surface area contributed by atoms with Crippen LogP contribution < -0.4 is 9.47 Å². The molecule has 106 valence electrons. The molecule has 0 atom stereocenters. The van der Waals surface area contributed by atoms with Crippen LogP contribution in [-0.4, -0.2) is 23.8 Å². The van der Waals surface area contributed by atoms with Crippen molar-refractivity contribution in [2.75, 3.05) is 7.11 Å². The second kappa shape index (κ2) is 4.85. The van der Waals surface area contributed by atoms with E-state index in [1.54, 1.807) is 13.2 Å². The zero-order valence-corrected chi connectivity index (χ0v) is 11.5. The molecule has 1 aliphatic carbocycles. The van der Waals surface area contributed by atoms with E-state index in [2.05, 4.69) is 0 Å². The molecule has 1 aliphatic heterocycles. The Bertz CT molecular complexity index is 568. The van der Waals surface area contributed by atoms with Gasteiger partial charge in [-0.1, -0.05) is 6.07 Å². The molecule has 20 heavy (non-hydrogen) atoms. The maximum atomic E-state index is 10.7. The van der Waals surface area contributed by atoms with E-state index in [-0.39, 0.29) is 5.60 Å². The van der Waals surface area contributed by atoms with Crippen molar-refractivity contribution in [3.63, 3.8) is 0 Å². The van der Waals surface area contributed by atoms with Crippen LogP contribution in [0.5, 0.6) is 11.5 Å². The first kappa shape index (κ1) is 13.0. The normalized spacial score (nSPS) is 19.2. The smallest absolute Gasteiger partial charge is 0.328 e. The molecule has 1 saturated carbocycles. The summed E-state index contributed by atoms with van der Waals surface area (Å²) < 4.78 is 11.6. The number of rotatable bonds is 3. The minimum atomic E-state index is -0.941. The van der Waals surface area contributed by atoms with Crippen LogP contribution in [0, 0.1) is 0 Å². The highest BCUT2D eigenvalue weighted by atomic mass is 16.5. The Morgan fingerprint density at radius 1 is 1.40 bits per heavy atom. The zero-order chi connectivity index (χ0) is 14.2. The number of hydrogen-bond donors (Lipinski definition) is 1. The van der Waals surface area contributed by atoms with Gasteiger partial charge in [0, 0.05) is 18.1 Å². The highest BCUT2D eigenvalue weighted by Gasteiger charge is 2.43. The van der Waals surface area contributed by atoms with Gasteiger partial charge in [0.15, 0.2) is 11.5 Å². The number of carboxylic acids is 1. The average Bonchev–Trinajstić information content (AvgIpc) is 3.03. The molecule has 0 unspecified atom stereocenters. The Morgan fingerprint density at radius 2 is 2.15 bits per heavy atom. The van der Waals surface area contributed by atoms with Gasteiger partial charge in [-0.25, -0.2) is 4.79 Å². The second-order valence-corrected chi connectivity index (χ2v) is 5.51. The monoisotopic (exact) mass is 274 g/mol. The number of carbonyl (C=O) groups is 1. The molecule has 1 aromatic carbocycles. The van der Waals surface area contributed by atoms with E-state index in [0.29, 0.717) is 0 Å². The molecule has 3 rings (SSSR count). The molecule has 0 saturated heterocycles. The van der Waals surface area contributed by atoms with Gasteiger partial charge in [-0.3, -0.25) is 0 Å². The molecule has 0 aromatic heterocycles. The molecule has 1 heterocycles. The number of aliphatic carboxylic acids is 1. The number of methoxy groups -OCH3 is 1. The number of hydrogen-bond acceptors (Lipinski definition) is 3. The maximum Gasteiger partial charge on any atom is 0.328 e. The summed E-state index contributed by atoms with van der Waals surface area (Å²) in [6.45, 7) is 0. The summed E-state index contributed by atoms with van der Waals surface area (Å²) in [7, 11) is 1.63. The minimum absolute atomic E-state index is 0.0945. The number of carboxylic acid groups (broad SMARTS) is 1. The van der Waals surface area contributed by atoms with Gasteiger partial charge in [0.1, 0.15) is 5.60 Å². The van der Waals surface area contributed by atoms with Gasteiger partial charge in [0.25, 0.3) is 0 Å².